The standard InChI is InChI=1S/C15H11ClN4O2S2/c1-8(19-22-15(21)10-3-5-11(16)6-4-10)12-7-23-14(17-12)13-9(2)18-20-24-13/h3-7H,1-2H3. The number of rotatable bonds is 4. The monoisotopic (exact) mass is 378 g/mol. The largest absolute Gasteiger partial charge is 0.365 e. The van der Waals surface area contributed by atoms with Gasteiger partial charge in [-0.1, -0.05) is 21.2 Å². The van der Waals surface area contributed by atoms with Gasteiger partial charge in [-0.15, -0.1) is 16.4 Å². The van der Waals surface area contributed by atoms with Crippen molar-refractivity contribution in [1.29, 1.82) is 0 Å². The molecule has 6 nitrogen and oxygen atoms in total. The molecule has 0 aliphatic rings. The van der Waals surface area contributed by atoms with E-state index in [1.807, 2.05) is 12.3 Å². The molecule has 0 atom stereocenters. The molecule has 0 amide bonds. The van der Waals surface area contributed by atoms with Crippen LogP contribution in [0.15, 0.2) is 34.8 Å². The maximum atomic E-state index is 11.9. The third-order valence-electron chi connectivity index (χ3n) is 3.07. The van der Waals surface area contributed by atoms with Gasteiger partial charge in [0.25, 0.3) is 0 Å². The van der Waals surface area contributed by atoms with Crippen molar-refractivity contribution in [2.45, 2.75) is 13.8 Å². The topological polar surface area (TPSA) is 77.3 Å². The maximum absolute atomic E-state index is 11.9. The number of carbonyl (C=O) groups is 1. The van der Waals surface area contributed by atoms with E-state index < -0.39 is 5.97 Å². The van der Waals surface area contributed by atoms with Crippen molar-refractivity contribution in [3.63, 3.8) is 0 Å². The molecule has 0 N–H and O–H groups in total. The highest BCUT2D eigenvalue weighted by Crippen LogP contribution is 2.28. The van der Waals surface area contributed by atoms with Crippen molar-refractivity contribution in [3.05, 3.63) is 51.6 Å². The molecule has 0 saturated carbocycles. The molecule has 2 aromatic heterocycles. The van der Waals surface area contributed by atoms with Crippen LogP contribution in [0.3, 0.4) is 0 Å². The van der Waals surface area contributed by atoms with E-state index in [1.165, 1.54) is 22.9 Å². The summed E-state index contributed by atoms with van der Waals surface area (Å²) in [6.07, 6.45) is 0. The highest BCUT2D eigenvalue weighted by molar-refractivity contribution is 7.18. The Morgan fingerprint density at radius 2 is 2.04 bits per heavy atom. The Bertz CT molecular complexity index is 902. The summed E-state index contributed by atoms with van der Waals surface area (Å²) >= 11 is 8.55. The van der Waals surface area contributed by atoms with Gasteiger partial charge >= 0.3 is 5.97 Å². The smallest absolute Gasteiger partial charge is 0.312 e. The zero-order chi connectivity index (χ0) is 17.1. The van der Waals surface area contributed by atoms with Crippen molar-refractivity contribution < 1.29 is 9.63 Å². The van der Waals surface area contributed by atoms with Crippen LogP contribution in [0.25, 0.3) is 9.88 Å². The summed E-state index contributed by atoms with van der Waals surface area (Å²) in [7, 11) is 0. The van der Waals surface area contributed by atoms with Crippen LogP contribution < -0.4 is 0 Å². The lowest BCUT2D eigenvalue weighted by atomic mass is 10.2. The second-order valence-electron chi connectivity index (χ2n) is 4.79. The zero-order valence-electron chi connectivity index (χ0n) is 12.7. The first-order valence-corrected chi connectivity index (χ1v) is 8.84. The molecule has 9 heteroatoms. The van der Waals surface area contributed by atoms with Crippen molar-refractivity contribution >= 4 is 46.2 Å². The van der Waals surface area contributed by atoms with Gasteiger partial charge in [0.15, 0.2) is 0 Å². The fourth-order valence-electron chi connectivity index (χ4n) is 1.77. The van der Waals surface area contributed by atoms with Crippen LogP contribution >= 0.6 is 34.5 Å². The number of hydrogen-bond acceptors (Lipinski definition) is 8. The normalized spacial score (nSPS) is 11.5. The predicted molar refractivity (Wildman–Crippen MR) is 94.8 cm³/mol. The molecule has 1 aromatic carbocycles. The van der Waals surface area contributed by atoms with Gasteiger partial charge in [0, 0.05) is 10.4 Å². The number of halogens is 1. The van der Waals surface area contributed by atoms with Crippen molar-refractivity contribution in [1.82, 2.24) is 14.6 Å². The number of benzene rings is 1. The molecule has 0 radical (unpaired) electrons. The van der Waals surface area contributed by atoms with Crippen LogP contribution in [0, 0.1) is 6.92 Å². The van der Waals surface area contributed by atoms with E-state index in [0.717, 1.165) is 15.6 Å². The number of hydrogen-bond donors (Lipinski definition) is 0. The summed E-state index contributed by atoms with van der Waals surface area (Å²) in [4.78, 5) is 22.3. The molecular weight excluding hydrogens is 368 g/mol. The van der Waals surface area contributed by atoms with E-state index in [9.17, 15) is 4.79 Å². The van der Waals surface area contributed by atoms with Gasteiger partial charge in [0.2, 0.25) is 0 Å². The minimum Gasteiger partial charge on any atom is -0.312 e. The van der Waals surface area contributed by atoms with E-state index in [1.54, 1.807) is 31.2 Å². The summed E-state index contributed by atoms with van der Waals surface area (Å²) in [5, 5.41) is 11.0. The first-order valence-electron chi connectivity index (χ1n) is 6.81. The molecule has 0 spiro atoms. The van der Waals surface area contributed by atoms with Gasteiger partial charge in [-0.2, -0.15) is 0 Å². The lowest BCUT2D eigenvalue weighted by Crippen LogP contribution is -2.04. The fourth-order valence-corrected chi connectivity index (χ4v) is 3.54. The first kappa shape index (κ1) is 16.7. The lowest BCUT2D eigenvalue weighted by molar-refractivity contribution is 0.0516. The summed E-state index contributed by atoms with van der Waals surface area (Å²) in [6, 6.07) is 6.39. The Labute approximate surface area is 150 Å². The molecule has 122 valence electrons. The third kappa shape index (κ3) is 3.66. The Morgan fingerprint density at radius 1 is 1.29 bits per heavy atom. The number of aromatic nitrogens is 3. The molecule has 0 unspecified atom stereocenters. The first-order chi connectivity index (χ1) is 11.5. The molecule has 24 heavy (non-hydrogen) atoms. The molecule has 0 aliphatic carbocycles. The van der Waals surface area contributed by atoms with Crippen LogP contribution in [0.4, 0.5) is 0 Å². The average Bonchev–Trinajstić information content (AvgIpc) is 3.21. The van der Waals surface area contributed by atoms with Gasteiger partial charge in [-0.05, 0) is 49.6 Å². The average molecular weight is 379 g/mol. The Kier molecular flexibility index (Phi) is 4.98. The molecule has 0 aliphatic heterocycles. The molecule has 2 heterocycles. The Morgan fingerprint density at radius 3 is 2.71 bits per heavy atom. The summed E-state index contributed by atoms with van der Waals surface area (Å²) in [6.45, 7) is 3.61. The van der Waals surface area contributed by atoms with Gasteiger partial charge < -0.3 is 4.84 Å². The molecule has 3 rings (SSSR count). The quantitative estimate of drug-likeness (QED) is 0.386. The number of oxime groups is 1. The minimum absolute atomic E-state index is 0.376. The lowest BCUT2D eigenvalue weighted by Gasteiger charge is -1.99. The van der Waals surface area contributed by atoms with E-state index in [4.69, 9.17) is 16.4 Å². The Hall–Kier alpha value is -2.16. The van der Waals surface area contributed by atoms with E-state index in [2.05, 4.69) is 19.7 Å². The molecular formula is C15H11ClN4O2S2. The van der Waals surface area contributed by atoms with Crippen molar-refractivity contribution in [2.75, 3.05) is 0 Å². The van der Waals surface area contributed by atoms with Gasteiger partial charge in [-0.25, -0.2) is 9.78 Å². The SMILES string of the molecule is CC(=NOC(=O)c1ccc(Cl)cc1)c1csc(-c2snnc2C)n1. The third-order valence-corrected chi connectivity index (χ3v) is 5.14. The second-order valence-corrected chi connectivity index (χ2v) is 6.84. The maximum Gasteiger partial charge on any atom is 0.365 e. The predicted octanol–water partition coefficient (Wildman–Crippen LogP) is 4.20. The van der Waals surface area contributed by atoms with Crippen LogP contribution in [-0.2, 0) is 4.84 Å². The van der Waals surface area contributed by atoms with Crippen LogP contribution in [0.1, 0.15) is 28.7 Å². The zero-order valence-corrected chi connectivity index (χ0v) is 15.1. The van der Waals surface area contributed by atoms with Gasteiger partial charge in [0.1, 0.15) is 15.6 Å². The van der Waals surface area contributed by atoms with Gasteiger partial charge in [0.05, 0.1) is 17.0 Å². The highest BCUT2D eigenvalue weighted by atomic mass is 35.5. The molecule has 0 fully saturated rings. The number of carbonyl (C=O) groups excluding carboxylic acids is 1. The van der Waals surface area contributed by atoms with Gasteiger partial charge in [-0.3, -0.25) is 0 Å². The van der Waals surface area contributed by atoms with E-state index in [-0.39, 0.29) is 0 Å². The summed E-state index contributed by atoms with van der Waals surface area (Å²) in [5.74, 6) is -0.552. The number of nitrogens with zero attached hydrogens (tertiary/aromatic N) is 4. The minimum atomic E-state index is -0.552. The Balaban J connectivity index is 1.72. The fraction of sp³-hybridized carbons (Fsp3) is 0.133. The highest BCUT2D eigenvalue weighted by Gasteiger charge is 2.13. The second kappa shape index (κ2) is 7.16. The van der Waals surface area contributed by atoms with E-state index in [0.29, 0.717) is 22.0 Å². The number of thiazole rings is 1. The summed E-state index contributed by atoms with van der Waals surface area (Å²) in [5.41, 5.74) is 2.37. The summed E-state index contributed by atoms with van der Waals surface area (Å²) < 4.78 is 3.90. The van der Waals surface area contributed by atoms with Crippen LogP contribution in [-0.4, -0.2) is 26.3 Å². The van der Waals surface area contributed by atoms with Crippen molar-refractivity contribution in [2.24, 2.45) is 5.16 Å². The molecule has 0 saturated heterocycles. The van der Waals surface area contributed by atoms with Crippen LogP contribution in [0.2, 0.25) is 5.02 Å². The number of aryl methyl sites for hydroxylation is 1. The van der Waals surface area contributed by atoms with E-state index >= 15 is 0 Å². The van der Waals surface area contributed by atoms with Crippen molar-refractivity contribution in [3.8, 4) is 9.88 Å². The molecule has 0 bridgehead atoms. The van der Waals surface area contributed by atoms with Crippen LogP contribution in [0.5, 0.6) is 0 Å². The molecule has 3 aromatic rings.